The van der Waals surface area contributed by atoms with Gasteiger partial charge in [-0.3, -0.25) is 4.79 Å². The zero-order valence-corrected chi connectivity index (χ0v) is 12.4. The zero-order valence-electron chi connectivity index (χ0n) is 11.7. The molecule has 0 fully saturated rings. The fourth-order valence-electron chi connectivity index (χ4n) is 1.64. The lowest BCUT2D eigenvalue weighted by molar-refractivity contribution is 0.0946. The summed E-state index contributed by atoms with van der Waals surface area (Å²) in [6.07, 6.45) is 1.64. The molecule has 0 unspecified atom stereocenters. The number of amides is 1. The van der Waals surface area contributed by atoms with Gasteiger partial charge in [0.1, 0.15) is 11.5 Å². The van der Waals surface area contributed by atoms with Gasteiger partial charge in [-0.15, -0.1) is 0 Å². The molecule has 0 radical (unpaired) electrons. The third-order valence-electron chi connectivity index (χ3n) is 2.78. The van der Waals surface area contributed by atoms with Crippen molar-refractivity contribution < 1.29 is 9.53 Å². The lowest BCUT2D eigenvalue weighted by atomic mass is 10.2. The van der Waals surface area contributed by atoms with Crippen molar-refractivity contribution in [2.45, 2.75) is 6.54 Å². The SMILES string of the molecule is CNc1ccc(Cl)c(C(=O)NCc2ccc(OC)nc2)n1. The molecule has 110 valence electrons. The lowest BCUT2D eigenvalue weighted by Gasteiger charge is -2.08. The number of carbonyl (C=O) groups is 1. The summed E-state index contributed by atoms with van der Waals surface area (Å²) >= 11 is 5.99. The van der Waals surface area contributed by atoms with E-state index in [0.29, 0.717) is 23.3 Å². The van der Waals surface area contributed by atoms with E-state index < -0.39 is 0 Å². The summed E-state index contributed by atoms with van der Waals surface area (Å²) in [5.74, 6) is 0.764. The van der Waals surface area contributed by atoms with Gasteiger partial charge in [0.25, 0.3) is 5.91 Å². The maximum atomic E-state index is 12.1. The molecule has 0 saturated heterocycles. The van der Waals surface area contributed by atoms with Crippen molar-refractivity contribution in [3.63, 3.8) is 0 Å². The van der Waals surface area contributed by atoms with E-state index in [1.165, 1.54) is 0 Å². The molecule has 2 rings (SSSR count). The smallest absolute Gasteiger partial charge is 0.271 e. The van der Waals surface area contributed by atoms with Crippen LogP contribution in [0, 0.1) is 0 Å². The van der Waals surface area contributed by atoms with Crippen LogP contribution in [0.5, 0.6) is 5.88 Å². The van der Waals surface area contributed by atoms with Gasteiger partial charge in [-0.25, -0.2) is 9.97 Å². The largest absolute Gasteiger partial charge is 0.481 e. The molecule has 0 aromatic carbocycles. The number of carbonyl (C=O) groups excluding carboxylic acids is 1. The Morgan fingerprint density at radius 1 is 1.33 bits per heavy atom. The first-order valence-electron chi connectivity index (χ1n) is 6.25. The number of methoxy groups -OCH3 is 1. The van der Waals surface area contributed by atoms with Crippen LogP contribution in [0.25, 0.3) is 0 Å². The molecule has 2 aromatic heterocycles. The van der Waals surface area contributed by atoms with Crippen molar-refractivity contribution in [2.75, 3.05) is 19.5 Å². The average molecular weight is 307 g/mol. The number of rotatable bonds is 5. The molecule has 1 amide bonds. The average Bonchev–Trinajstić information content (AvgIpc) is 2.53. The molecule has 6 nitrogen and oxygen atoms in total. The maximum Gasteiger partial charge on any atom is 0.271 e. The number of hydrogen-bond acceptors (Lipinski definition) is 5. The van der Waals surface area contributed by atoms with Crippen molar-refractivity contribution in [1.82, 2.24) is 15.3 Å². The van der Waals surface area contributed by atoms with Crippen molar-refractivity contribution in [1.29, 1.82) is 0 Å². The van der Waals surface area contributed by atoms with Crippen LogP contribution in [0.1, 0.15) is 16.1 Å². The molecule has 2 aromatic rings. The van der Waals surface area contributed by atoms with E-state index in [4.69, 9.17) is 16.3 Å². The molecule has 0 aliphatic heterocycles. The third-order valence-corrected chi connectivity index (χ3v) is 3.08. The summed E-state index contributed by atoms with van der Waals surface area (Å²) in [4.78, 5) is 20.3. The Bertz CT molecular complexity index is 631. The molecule has 0 atom stereocenters. The number of ether oxygens (including phenoxy) is 1. The van der Waals surface area contributed by atoms with Crippen LogP contribution in [-0.2, 0) is 6.54 Å². The summed E-state index contributed by atoms with van der Waals surface area (Å²) in [5, 5.41) is 5.92. The van der Waals surface area contributed by atoms with Crippen molar-refractivity contribution in [3.05, 3.63) is 46.7 Å². The van der Waals surface area contributed by atoms with E-state index in [0.717, 1.165) is 5.56 Å². The van der Waals surface area contributed by atoms with Gasteiger partial charge < -0.3 is 15.4 Å². The van der Waals surface area contributed by atoms with Gasteiger partial charge in [0.2, 0.25) is 5.88 Å². The van der Waals surface area contributed by atoms with Gasteiger partial charge in [0.15, 0.2) is 0 Å². The van der Waals surface area contributed by atoms with E-state index in [-0.39, 0.29) is 11.6 Å². The van der Waals surface area contributed by atoms with E-state index in [1.54, 1.807) is 38.6 Å². The second-order valence-electron chi connectivity index (χ2n) is 4.17. The van der Waals surface area contributed by atoms with Crippen LogP contribution in [0.15, 0.2) is 30.5 Å². The standard InChI is InChI=1S/C14H15ClN4O2/c1-16-11-5-4-10(15)13(19-11)14(20)18-8-9-3-6-12(21-2)17-7-9/h3-7H,8H2,1-2H3,(H,16,19)(H,18,20). The number of nitrogens with one attached hydrogen (secondary N) is 2. The minimum atomic E-state index is -0.340. The predicted octanol–water partition coefficient (Wildman–Crippen LogP) is 2.11. The molecular formula is C14H15ClN4O2. The Kier molecular flexibility index (Phi) is 4.94. The molecule has 0 aliphatic carbocycles. The number of halogens is 1. The zero-order chi connectivity index (χ0) is 15.2. The highest BCUT2D eigenvalue weighted by Crippen LogP contribution is 2.16. The molecule has 7 heteroatoms. The van der Waals surface area contributed by atoms with Crippen LogP contribution in [-0.4, -0.2) is 30.0 Å². The molecule has 0 bridgehead atoms. The Morgan fingerprint density at radius 3 is 2.76 bits per heavy atom. The summed E-state index contributed by atoms with van der Waals surface area (Å²) in [6.45, 7) is 0.331. The fraction of sp³-hybridized carbons (Fsp3) is 0.214. The minimum absolute atomic E-state index is 0.185. The number of aromatic nitrogens is 2. The highest BCUT2D eigenvalue weighted by Gasteiger charge is 2.12. The highest BCUT2D eigenvalue weighted by molar-refractivity contribution is 6.33. The predicted molar refractivity (Wildman–Crippen MR) is 80.8 cm³/mol. The Morgan fingerprint density at radius 2 is 2.14 bits per heavy atom. The molecular weight excluding hydrogens is 292 g/mol. The van der Waals surface area contributed by atoms with E-state index >= 15 is 0 Å². The Labute approximate surface area is 127 Å². The minimum Gasteiger partial charge on any atom is -0.481 e. The first-order valence-corrected chi connectivity index (χ1v) is 6.63. The topological polar surface area (TPSA) is 76.1 Å². The quantitative estimate of drug-likeness (QED) is 0.885. The molecule has 0 saturated carbocycles. The summed E-state index contributed by atoms with van der Waals surface area (Å²) in [6, 6.07) is 6.89. The monoisotopic (exact) mass is 306 g/mol. The molecule has 0 aliphatic rings. The van der Waals surface area contributed by atoms with Gasteiger partial charge in [0, 0.05) is 25.9 Å². The first kappa shape index (κ1) is 15.1. The van der Waals surface area contributed by atoms with Crippen molar-refractivity contribution in [2.24, 2.45) is 0 Å². The van der Waals surface area contributed by atoms with E-state index in [2.05, 4.69) is 20.6 Å². The summed E-state index contributed by atoms with van der Waals surface area (Å²) in [7, 11) is 3.27. The van der Waals surface area contributed by atoms with Gasteiger partial charge >= 0.3 is 0 Å². The normalized spacial score (nSPS) is 10.0. The number of hydrogen-bond donors (Lipinski definition) is 2. The van der Waals surface area contributed by atoms with Crippen LogP contribution < -0.4 is 15.4 Å². The molecule has 0 spiro atoms. The van der Waals surface area contributed by atoms with Crippen molar-refractivity contribution >= 4 is 23.3 Å². The second-order valence-corrected chi connectivity index (χ2v) is 4.58. The molecule has 2 heterocycles. The van der Waals surface area contributed by atoms with Crippen LogP contribution >= 0.6 is 11.6 Å². The first-order chi connectivity index (χ1) is 10.1. The maximum absolute atomic E-state index is 12.1. The van der Waals surface area contributed by atoms with Gasteiger partial charge in [0.05, 0.1) is 12.1 Å². The lowest BCUT2D eigenvalue weighted by Crippen LogP contribution is -2.24. The van der Waals surface area contributed by atoms with Crippen molar-refractivity contribution in [3.8, 4) is 5.88 Å². The Hall–Kier alpha value is -2.34. The molecule has 2 N–H and O–H groups in total. The van der Waals surface area contributed by atoms with Crippen LogP contribution in [0.4, 0.5) is 5.82 Å². The summed E-state index contributed by atoms with van der Waals surface area (Å²) in [5.41, 5.74) is 1.04. The number of anilines is 1. The van der Waals surface area contributed by atoms with Crippen LogP contribution in [0.3, 0.4) is 0 Å². The van der Waals surface area contributed by atoms with Gasteiger partial charge in [-0.2, -0.15) is 0 Å². The Balaban J connectivity index is 2.04. The third kappa shape index (κ3) is 3.82. The second kappa shape index (κ2) is 6.90. The van der Waals surface area contributed by atoms with Crippen LogP contribution in [0.2, 0.25) is 5.02 Å². The molecule has 21 heavy (non-hydrogen) atoms. The number of pyridine rings is 2. The fourth-order valence-corrected chi connectivity index (χ4v) is 1.83. The summed E-state index contributed by atoms with van der Waals surface area (Å²) < 4.78 is 4.97. The van der Waals surface area contributed by atoms with Gasteiger partial charge in [-0.1, -0.05) is 17.7 Å². The highest BCUT2D eigenvalue weighted by atomic mass is 35.5. The number of nitrogens with zero attached hydrogens (tertiary/aromatic N) is 2. The van der Waals surface area contributed by atoms with E-state index in [1.807, 2.05) is 6.07 Å². The van der Waals surface area contributed by atoms with Gasteiger partial charge in [-0.05, 0) is 17.7 Å². The van der Waals surface area contributed by atoms with E-state index in [9.17, 15) is 4.79 Å².